The van der Waals surface area contributed by atoms with Crippen molar-refractivity contribution < 1.29 is 28.6 Å². The van der Waals surface area contributed by atoms with E-state index in [9.17, 15) is 14.4 Å². The molecule has 6 heteroatoms. The molecule has 0 saturated carbocycles. The summed E-state index contributed by atoms with van der Waals surface area (Å²) >= 11 is 0. The second-order valence-corrected chi connectivity index (χ2v) is 19.9. The highest BCUT2D eigenvalue weighted by Crippen LogP contribution is 2.15. The number of rotatable bonds is 54. The molecule has 0 heterocycles. The van der Waals surface area contributed by atoms with Crippen LogP contribution in [0.15, 0.2) is 122 Å². The van der Waals surface area contributed by atoms with Crippen molar-refractivity contribution in [1.29, 1.82) is 0 Å². The number of carbonyl (C=O) groups excluding carboxylic acids is 3. The molecule has 0 aromatic heterocycles. The van der Waals surface area contributed by atoms with Crippen LogP contribution in [-0.2, 0) is 28.6 Å². The zero-order chi connectivity index (χ0) is 53.6. The second-order valence-electron chi connectivity index (χ2n) is 19.9. The predicted molar refractivity (Wildman–Crippen MR) is 320 cm³/mol. The summed E-state index contributed by atoms with van der Waals surface area (Å²) in [6, 6.07) is 0. The third-order valence-corrected chi connectivity index (χ3v) is 12.7. The van der Waals surface area contributed by atoms with Crippen molar-refractivity contribution in [2.24, 2.45) is 0 Å². The Labute approximate surface area is 456 Å². The zero-order valence-electron chi connectivity index (χ0n) is 48.1. The molecule has 0 saturated heterocycles. The summed E-state index contributed by atoms with van der Waals surface area (Å²) in [5.74, 6) is -0.928. The summed E-state index contributed by atoms with van der Waals surface area (Å²) < 4.78 is 16.8. The number of hydrogen-bond acceptors (Lipinski definition) is 6. The first-order chi connectivity index (χ1) is 36.5. The van der Waals surface area contributed by atoms with Crippen LogP contribution < -0.4 is 0 Å². The van der Waals surface area contributed by atoms with Gasteiger partial charge in [0.15, 0.2) is 6.10 Å². The van der Waals surface area contributed by atoms with Crippen LogP contribution in [0.5, 0.6) is 0 Å². The van der Waals surface area contributed by atoms with E-state index in [1.54, 1.807) is 0 Å². The highest BCUT2D eigenvalue weighted by atomic mass is 16.6. The van der Waals surface area contributed by atoms with E-state index in [1.165, 1.54) is 103 Å². The van der Waals surface area contributed by atoms with Gasteiger partial charge in [0.05, 0.1) is 0 Å². The van der Waals surface area contributed by atoms with Crippen LogP contribution in [0, 0.1) is 0 Å². The van der Waals surface area contributed by atoms with E-state index < -0.39 is 6.10 Å². The van der Waals surface area contributed by atoms with Crippen molar-refractivity contribution in [3.63, 3.8) is 0 Å². The molecule has 0 spiro atoms. The number of carbonyl (C=O) groups is 3. The van der Waals surface area contributed by atoms with Crippen LogP contribution in [0.2, 0.25) is 0 Å². The normalized spacial score (nSPS) is 13.0. The quantitative estimate of drug-likeness (QED) is 0.0261. The minimum atomic E-state index is -0.798. The van der Waals surface area contributed by atoms with Crippen LogP contribution in [-0.4, -0.2) is 37.2 Å². The van der Waals surface area contributed by atoms with Gasteiger partial charge in [-0.05, 0) is 109 Å². The average molecular weight is 1030 g/mol. The first kappa shape index (κ1) is 69.8. The molecule has 74 heavy (non-hydrogen) atoms. The minimum Gasteiger partial charge on any atom is -0.462 e. The Kier molecular flexibility index (Phi) is 57.9. The monoisotopic (exact) mass is 1020 g/mol. The molecule has 0 aliphatic heterocycles. The lowest BCUT2D eigenvalue weighted by atomic mass is 10.0. The van der Waals surface area contributed by atoms with Crippen LogP contribution in [0.1, 0.15) is 271 Å². The molecule has 0 bridgehead atoms. The molecular formula is C68H112O6. The zero-order valence-corrected chi connectivity index (χ0v) is 48.1. The highest BCUT2D eigenvalue weighted by Gasteiger charge is 2.19. The maximum Gasteiger partial charge on any atom is 0.306 e. The van der Waals surface area contributed by atoms with Gasteiger partial charge in [0.25, 0.3) is 0 Å². The van der Waals surface area contributed by atoms with E-state index in [1.807, 2.05) is 0 Å². The van der Waals surface area contributed by atoms with Crippen LogP contribution >= 0.6 is 0 Å². The first-order valence-corrected chi connectivity index (χ1v) is 30.5. The number of ether oxygens (including phenoxy) is 3. The van der Waals surface area contributed by atoms with Gasteiger partial charge in [-0.1, -0.05) is 264 Å². The fourth-order valence-corrected chi connectivity index (χ4v) is 8.20. The predicted octanol–water partition coefficient (Wildman–Crippen LogP) is 20.8. The Morgan fingerprint density at radius 2 is 0.527 bits per heavy atom. The number of unbranched alkanes of at least 4 members (excludes halogenated alkanes) is 23. The third kappa shape index (κ3) is 58.7. The van der Waals surface area contributed by atoms with Gasteiger partial charge in [0, 0.05) is 19.3 Å². The lowest BCUT2D eigenvalue weighted by Gasteiger charge is -2.18. The first-order valence-electron chi connectivity index (χ1n) is 30.5. The van der Waals surface area contributed by atoms with E-state index >= 15 is 0 Å². The molecule has 0 aromatic carbocycles. The standard InChI is InChI=1S/C68H112O6/c1-4-7-10-13-16-19-22-24-26-28-30-31-32-33-34-35-36-37-39-40-42-44-46-49-52-55-58-61-67(70)73-64-65(63-72-66(69)60-57-54-51-48-21-18-15-12-9-6-3)74-68(71)62-59-56-53-50-47-45-43-41-38-29-27-25-23-20-17-14-11-8-5-2/h7-8,10-11,16-17,19-20,24-27,30-31,33-34,38,41,45,47,65H,4-6,9,12-15,18,21-23,28-29,32,35-37,39-40,42-44,46,48-64H2,1-3H3/b10-7-,11-8-,19-16-,20-17-,26-24-,27-25-,31-30-,34-33-,41-38-,47-45-. The lowest BCUT2D eigenvalue weighted by Crippen LogP contribution is -2.30. The SMILES string of the molecule is CC/C=C\C/C=C\C/C=C\C/C=C\C/C=C\CCCCCCCCCCCCCC(=O)OCC(COC(=O)CCCCCCCCCCCC)OC(=O)CCCCC/C=C\C/C=C\C/C=C\C/C=C\C/C=C\CC. The van der Waals surface area contributed by atoms with Gasteiger partial charge in [-0.15, -0.1) is 0 Å². The Morgan fingerprint density at radius 3 is 0.838 bits per heavy atom. The maximum absolute atomic E-state index is 12.9. The van der Waals surface area contributed by atoms with E-state index in [4.69, 9.17) is 14.2 Å². The van der Waals surface area contributed by atoms with Crippen molar-refractivity contribution in [2.75, 3.05) is 13.2 Å². The maximum atomic E-state index is 12.9. The van der Waals surface area contributed by atoms with Crippen molar-refractivity contribution in [1.82, 2.24) is 0 Å². The molecule has 0 fully saturated rings. The Hall–Kier alpha value is -4.19. The van der Waals surface area contributed by atoms with E-state index in [2.05, 4.69) is 142 Å². The second kappa shape index (κ2) is 61.4. The van der Waals surface area contributed by atoms with Gasteiger partial charge in [-0.2, -0.15) is 0 Å². The third-order valence-electron chi connectivity index (χ3n) is 12.7. The number of hydrogen-bond donors (Lipinski definition) is 0. The van der Waals surface area contributed by atoms with Crippen LogP contribution in [0.3, 0.4) is 0 Å². The minimum absolute atomic E-state index is 0.0925. The van der Waals surface area contributed by atoms with Crippen molar-refractivity contribution in [3.05, 3.63) is 122 Å². The molecule has 420 valence electrons. The lowest BCUT2D eigenvalue weighted by molar-refractivity contribution is -0.167. The summed E-state index contributed by atoms with van der Waals surface area (Å²) in [5.41, 5.74) is 0. The highest BCUT2D eigenvalue weighted by molar-refractivity contribution is 5.71. The molecule has 0 rings (SSSR count). The van der Waals surface area contributed by atoms with Gasteiger partial charge in [0.1, 0.15) is 13.2 Å². The molecule has 0 aliphatic rings. The fourth-order valence-electron chi connectivity index (χ4n) is 8.20. The molecule has 1 atom stereocenters. The Morgan fingerprint density at radius 1 is 0.284 bits per heavy atom. The number of esters is 3. The van der Waals surface area contributed by atoms with Gasteiger partial charge in [0.2, 0.25) is 0 Å². The summed E-state index contributed by atoms with van der Waals surface area (Å²) in [5, 5.41) is 0. The van der Waals surface area contributed by atoms with Crippen LogP contribution in [0.25, 0.3) is 0 Å². The molecule has 6 nitrogen and oxygen atoms in total. The molecule has 0 radical (unpaired) electrons. The van der Waals surface area contributed by atoms with E-state index in [0.717, 1.165) is 128 Å². The van der Waals surface area contributed by atoms with Gasteiger partial charge in [-0.3, -0.25) is 14.4 Å². The van der Waals surface area contributed by atoms with Gasteiger partial charge >= 0.3 is 17.9 Å². The summed E-state index contributed by atoms with van der Waals surface area (Å²) in [6.45, 7) is 6.38. The summed E-state index contributed by atoms with van der Waals surface area (Å²) in [6.07, 6.45) is 84.9. The van der Waals surface area contributed by atoms with E-state index in [-0.39, 0.29) is 37.5 Å². The summed E-state index contributed by atoms with van der Waals surface area (Å²) in [7, 11) is 0. The Balaban J connectivity index is 4.31. The molecule has 0 aromatic rings. The topological polar surface area (TPSA) is 78.9 Å². The average Bonchev–Trinajstić information content (AvgIpc) is 3.40. The van der Waals surface area contributed by atoms with Gasteiger partial charge < -0.3 is 14.2 Å². The molecule has 0 aliphatic carbocycles. The van der Waals surface area contributed by atoms with E-state index in [0.29, 0.717) is 12.8 Å². The molecular weight excluding hydrogens is 913 g/mol. The largest absolute Gasteiger partial charge is 0.462 e. The van der Waals surface area contributed by atoms with Crippen molar-refractivity contribution in [2.45, 2.75) is 277 Å². The molecule has 0 N–H and O–H groups in total. The molecule has 0 amide bonds. The fraction of sp³-hybridized carbons (Fsp3) is 0.662. The van der Waals surface area contributed by atoms with Crippen molar-refractivity contribution in [3.8, 4) is 0 Å². The Bertz CT molecular complexity index is 1550. The molecule has 1 unspecified atom stereocenters. The number of allylic oxidation sites excluding steroid dienone is 20. The van der Waals surface area contributed by atoms with Gasteiger partial charge in [-0.25, -0.2) is 0 Å². The van der Waals surface area contributed by atoms with Crippen LogP contribution in [0.4, 0.5) is 0 Å². The summed E-state index contributed by atoms with van der Waals surface area (Å²) in [4.78, 5) is 38.2. The van der Waals surface area contributed by atoms with Crippen molar-refractivity contribution >= 4 is 17.9 Å². The smallest absolute Gasteiger partial charge is 0.306 e.